The standard InChI is InChI=1S/C26H18F3O4/c1-32-21-7-3-5-18(15-21)25-23(31)13-12-22(24(25)17-4-2-6-19(30)14-17)16-8-10-20(11-9-16)33-26(27,28)29/h2-12,14-15,30-31H,1H3. The van der Waals surface area contributed by atoms with E-state index in [9.17, 15) is 23.4 Å². The first kappa shape index (κ1) is 22.1. The van der Waals surface area contributed by atoms with Crippen LogP contribution < -0.4 is 9.47 Å². The van der Waals surface area contributed by atoms with E-state index in [1.165, 1.54) is 37.4 Å². The molecule has 4 rings (SSSR count). The smallest absolute Gasteiger partial charge is 0.508 e. The zero-order valence-corrected chi connectivity index (χ0v) is 17.4. The molecule has 33 heavy (non-hydrogen) atoms. The molecule has 167 valence electrons. The number of methoxy groups -OCH3 is 1. The van der Waals surface area contributed by atoms with Crippen LogP contribution in [-0.2, 0) is 0 Å². The summed E-state index contributed by atoms with van der Waals surface area (Å²) in [6, 6.07) is 23.4. The van der Waals surface area contributed by atoms with Gasteiger partial charge in [0.2, 0.25) is 0 Å². The average Bonchev–Trinajstić information content (AvgIpc) is 2.78. The van der Waals surface area contributed by atoms with Crippen molar-refractivity contribution in [2.45, 2.75) is 6.36 Å². The molecule has 0 aliphatic carbocycles. The van der Waals surface area contributed by atoms with Crippen LogP contribution in [0.15, 0.2) is 78.9 Å². The van der Waals surface area contributed by atoms with Crippen LogP contribution in [0.4, 0.5) is 13.2 Å². The molecule has 4 aromatic carbocycles. The van der Waals surface area contributed by atoms with Gasteiger partial charge in [0.1, 0.15) is 23.0 Å². The van der Waals surface area contributed by atoms with Crippen molar-refractivity contribution >= 4 is 0 Å². The molecule has 0 fully saturated rings. The number of ether oxygens (including phenoxy) is 2. The quantitative estimate of drug-likeness (QED) is 0.350. The highest BCUT2D eigenvalue weighted by Crippen LogP contribution is 2.46. The maximum Gasteiger partial charge on any atom is 0.573 e. The monoisotopic (exact) mass is 451 g/mol. The molecule has 0 spiro atoms. The number of rotatable bonds is 5. The molecule has 7 heteroatoms. The minimum Gasteiger partial charge on any atom is -0.508 e. The Morgan fingerprint density at radius 1 is 0.758 bits per heavy atom. The molecule has 0 aliphatic heterocycles. The molecular formula is C26H18F3O4. The van der Waals surface area contributed by atoms with Crippen molar-refractivity contribution in [2.75, 3.05) is 7.11 Å². The lowest BCUT2D eigenvalue weighted by atomic mass is 9.87. The van der Waals surface area contributed by atoms with Crippen LogP contribution in [0.2, 0.25) is 0 Å². The molecule has 4 nitrogen and oxygen atoms in total. The summed E-state index contributed by atoms with van der Waals surface area (Å²) in [5.74, 6) is 0.132. The van der Waals surface area contributed by atoms with Gasteiger partial charge in [-0.25, -0.2) is 0 Å². The van der Waals surface area contributed by atoms with Crippen molar-refractivity contribution < 1.29 is 32.9 Å². The number of aromatic hydroxyl groups is 2. The Balaban J connectivity index is 1.94. The fourth-order valence-electron chi connectivity index (χ4n) is 3.62. The summed E-state index contributed by atoms with van der Waals surface area (Å²) in [6.45, 7) is 0. The van der Waals surface area contributed by atoms with Gasteiger partial charge in [-0.15, -0.1) is 13.2 Å². The summed E-state index contributed by atoms with van der Waals surface area (Å²) in [7, 11) is 1.53. The van der Waals surface area contributed by atoms with Crippen LogP contribution >= 0.6 is 0 Å². The highest BCUT2D eigenvalue weighted by atomic mass is 19.4. The van der Waals surface area contributed by atoms with Crippen molar-refractivity contribution in [3.8, 4) is 56.4 Å². The highest BCUT2D eigenvalue weighted by molar-refractivity contribution is 5.97. The maximum atomic E-state index is 12.5. The lowest BCUT2D eigenvalue weighted by Gasteiger charge is -2.18. The number of hydrogen-bond acceptors (Lipinski definition) is 4. The van der Waals surface area contributed by atoms with E-state index in [-0.39, 0.29) is 17.2 Å². The van der Waals surface area contributed by atoms with E-state index in [0.717, 1.165) is 0 Å². The van der Waals surface area contributed by atoms with E-state index in [1.807, 2.05) is 0 Å². The second-order valence-corrected chi connectivity index (χ2v) is 7.16. The van der Waals surface area contributed by atoms with Crippen LogP contribution in [0.1, 0.15) is 0 Å². The first-order chi connectivity index (χ1) is 15.7. The third-order valence-electron chi connectivity index (χ3n) is 5.00. The van der Waals surface area contributed by atoms with Crippen molar-refractivity contribution in [3.63, 3.8) is 0 Å². The van der Waals surface area contributed by atoms with Crippen molar-refractivity contribution in [1.29, 1.82) is 0 Å². The zero-order valence-electron chi connectivity index (χ0n) is 17.4. The molecule has 0 heterocycles. The van der Waals surface area contributed by atoms with Crippen molar-refractivity contribution in [3.05, 3.63) is 84.9 Å². The van der Waals surface area contributed by atoms with E-state index in [0.29, 0.717) is 39.1 Å². The summed E-state index contributed by atoms with van der Waals surface area (Å²) in [5, 5.41) is 20.9. The van der Waals surface area contributed by atoms with Gasteiger partial charge in [0.05, 0.1) is 7.11 Å². The Hall–Kier alpha value is -4.13. The average molecular weight is 451 g/mol. The van der Waals surface area contributed by atoms with Crippen LogP contribution in [0.3, 0.4) is 0 Å². The minimum atomic E-state index is -4.79. The third-order valence-corrected chi connectivity index (χ3v) is 5.00. The summed E-state index contributed by atoms with van der Waals surface area (Å²) in [5.41, 5.74) is 3.41. The van der Waals surface area contributed by atoms with Crippen LogP contribution in [-0.4, -0.2) is 23.7 Å². The Bertz CT molecular complexity index is 1280. The second-order valence-electron chi connectivity index (χ2n) is 7.16. The Kier molecular flexibility index (Phi) is 5.87. The van der Waals surface area contributed by atoms with Gasteiger partial charge >= 0.3 is 6.36 Å². The predicted molar refractivity (Wildman–Crippen MR) is 118 cm³/mol. The third kappa shape index (κ3) is 4.87. The second kappa shape index (κ2) is 8.78. The molecule has 2 N–H and O–H groups in total. The maximum absolute atomic E-state index is 12.5. The van der Waals surface area contributed by atoms with Gasteiger partial charge in [0, 0.05) is 17.2 Å². The van der Waals surface area contributed by atoms with Gasteiger partial charge in [-0.05, 0) is 64.7 Å². The van der Waals surface area contributed by atoms with Crippen LogP contribution in [0.5, 0.6) is 23.0 Å². The molecule has 0 saturated heterocycles. The number of halogens is 3. The van der Waals surface area contributed by atoms with Gasteiger partial charge in [-0.1, -0.05) is 36.4 Å². The molecule has 0 aromatic heterocycles. The molecule has 1 radical (unpaired) electrons. The van der Waals surface area contributed by atoms with Crippen molar-refractivity contribution in [2.24, 2.45) is 0 Å². The van der Waals surface area contributed by atoms with Gasteiger partial charge in [-0.3, -0.25) is 0 Å². The number of benzene rings is 4. The SMILES string of the molecule is COc1cccc(-c2c(O)[c]cc(-c3ccc(OC(F)(F)F)cc3)c2-c2cccc(O)c2)c1. The fraction of sp³-hybridized carbons (Fsp3) is 0.0769. The van der Waals surface area contributed by atoms with E-state index in [2.05, 4.69) is 10.8 Å². The zero-order chi connectivity index (χ0) is 23.6. The molecule has 0 bridgehead atoms. The van der Waals surface area contributed by atoms with E-state index >= 15 is 0 Å². The van der Waals surface area contributed by atoms with E-state index in [1.54, 1.807) is 48.5 Å². The van der Waals surface area contributed by atoms with Crippen LogP contribution in [0, 0.1) is 6.07 Å². The molecule has 0 saturated carbocycles. The minimum absolute atomic E-state index is 0.0243. The first-order valence-electron chi connectivity index (χ1n) is 9.83. The fourth-order valence-corrected chi connectivity index (χ4v) is 3.62. The van der Waals surface area contributed by atoms with E-state index in [4.69, 9.17) is 4.74 Å². The highest BCUT2D eigenvalue weighted by Gasteiger charge is 2.31. The molecule has 0 aliphatic rings. The summed E-state index contributed by atoms with van der Waals surface area (Å²) < 4.78 is 46.9. The number of phenolic OH excluding ortho intramolecular Hbond substituents is 2. The lowest BCUT2D eigenvalue weighted by molar-refractivity contribution is -0.274. The first-order valence-corrected chi connectivity index (χ1v) is 9.83. The number of hydrogen-bond donors (Lipinski definition) is 2. The molecule has 0 unspecified atom stereocenters. The Labute approximate surface area is 188 Å². The largest absolute Gasteiger partial charge is 0.573 e. The summed E-state index contributed by atoms with van der Waals surface area (Å²) >= 11 is 0. The van der Waals surface area contributed by atoms with Gasteiger partial charge in [0.15, 0.2) is 0 Å². The molecular weight excluding hydrogens is 433 g/mol. The summed E-state index contributed by atoms with van der Waals surface area (Å²) in [6.07, 6.45) is -4.79. The lowest BCUT2D eigenvalue weighted by Crippen LogP contribution is -2.16. The summed E-state index contributed by atoms with van der Waals surface area (Å²) in [4.78, 5) is 0. The normalized spacial score (nSPS) is 11.3. The molecule has 0 atom stereocenters. The molecule has 0 amide bonds. The number of alkyl halides is 3. The van der Waals surface area contributed by atoms with Gasteiger partial charge < -0.3 is 19.7 Å². The van der Waals surface area contributed by atoms with Crippen LogP contribution in [0.25, 0.3) is 33.4 Å². The van der Waals surface area contributed by atoms with E-state index < -0.39 is 6.36 Å². The number of phenols is 2. The molecule has 4 aromatic rings. The topological polar surface area (TPSA) is 58.9 Å². The van der Waals surface area contributed by atoms with Crippen molar-refractivity contribution in [1.82, 2.24) is 0 Å². The van der Waals surface area contributed by atoms with Gasteiger partial charge in [-0.2, -0.15) is 0 Å². The predicted octanol–water partition coefficient (Wildman–Crippen LogP) is 6.81. The van der Waals surface area contributed by atoms with Gasteiger partial charge in [0.25, 0.3) is 0 Å². The Morgan fingerprint density at radius 2 is 1.42 bits per heavy atom. The Morgan fingerprint density at radius 3 is 2.06 bits per heavy atom.